The number of nitrogens with one attached hydrogen (secondary N) is 1. The van der Waals surface area contributed by atoms with Crippen LogP contribution in [0.25, 0.3) is 0 Å². The molecule has 0 unspecified atom stereocenters. The number of aliphatic carboxylic acids is 1. The van der Waals surface area contributed by atoms with E-state index in [1.54, 1.807) is 0 Å². The number of halogens is 2. The summed E-state index contributed by atoms with van der Waals surface area (Å²) in [5.74, 6) is -4.44. The number of aliphatic hydroxyl groups excluding tert-OH is 1. The Balaban J connectivity index is 2.30. The van der Waals surface area contributed by atoms with Crippen LogP contribution < -0.4 is 4.72 Å². The lowest BCUT2D eigenvalue weighted by molar-refractivity contribution is -0.135. The number of carboxylic acids is 1. The first kappa shape index (κ1) is 19.4. The zero-order chi connectivity index (χ0) is 19.5. The third-order valence-corrected chi connectivity index (χ3v) is 4.76. The third-order valence-electron chi connectivity index (χ3n) is 3.09. The van der Waals surface area contributed by atoms with Crippen LogP contribution in [0.5, 0.6) is 0 Å². The van der Waals surface area contributed by atoms with Gasteiger partial charge in [0.05, 0.1) is 9.92 Å². The molecule has 7 nitrogen and oxygen atoms in total. The number of carboxylic acid groups (broad SMARTS) is 1. The van der Waals surface area contributed by atoms with E-state index in [1.165, 1.54) is 18.2 Å². The van der Waals surface area contributed by atoms with Gasteiger partial charge in [0.1, 0.15) is 5.82 Å². The van der Waals surface area contributed by atoms with Gasteiger partial charge in [0, 0.05) is 17.3 Å². The summed E-state index contributed by atoms with van der Waals surface area (Å²) in [5.41, 5.74) is -0.0605. The number of hydrogen-bond donors (Lipinski definition) is 3. The Bertz CT molecular complexity index is 1020. The average Bonchev–Trinajstić information content (AvgIpc) is 2.56. The van der Waals surface area contributed by atoms with Crippen LogP contribution in [-0.4, -0.2) is 30.4 Å². The number of ketones is 1. The van der Waals surface area contributed by atoms with E-state index in [0.29, 0.717) is 6.08 Å². The molecule has 2 rings (SSSR count). The van der Waals surface area contributed by atoms with E-state index in [0.717, 1.165) is 24.3 Å². The lowest BCUT2D eigenvalue weighted by Crippen LogP contribution is -2.13. The van der Waals surface area contributed by atoms with Crippen LogP contribution in [0, 0.1) is 5.82 Å². The molecule has 0 heterocycles. The molecule has 26 heavy (non-hydrogen) atoms. The Hall–Kier alpha value is -2.91. The van der Waals surface area contributed by atoms with Gasteiger partial charge in [0.15, 0.2) is 5.78 Å². The normalized spacial score (nSPS) is 11.8. The molecular weight excluding hydrogens is 389 g/mol. The predicted molar refractivity (Wildman–Crippen MR) is 91.3 cm³/mol. The van der Waals surface area contributed by atoms with Crippen LogP contribution in [0.3, 0.4) is 0 Å². The van der Waals surface area contributed by atoms with E-state index in [2.05, 4.69) is 4.72 Å². The quantitative estimate of drug-likeness (QED) is 0.390. The number of allylic oxidation sites excluding steroid dienone is 1. The van der Waals surface area contributed by atoms with Gasteiger partial charge in [-0.3, -0.25) is 9.52 Å². The zero-order valence-electron chi connectivity index (χ0n) is 12.8. The van der Waals surface area contributed by atoms with Gasteiger partial charge >= 0.3 is 5.97 Å². The summed E-state index contributed by atoms with van der Waals surface area (Å²) in [6.07, 6.45) is 0.496. The largest absolute Gasteiger partial charge is 0.502 e. The summed E-state index contributed by atoms with van der Waals surface area (Å²) in [6, 6.07) is 8.01. The topological polar surface area (TPSA) is 121 Å². The maximum Gasteiger partial charge on any atom is 0.371 e. The van der Waals surface area contributed by atoms with Gasteiger partial charge in [-0.1, -0.05) is 23.7 Å². The smallest absolute Gasteiger partial charge is 0.371 e. The Morgan fingerprint density at radius 2 is 1.81 bits per heavy atom. The number of anilines is 1. The molecule has 0 aliphatic carbocycles. The Morgan fingerprint density at radius 1 is 1.12 bits per heavy atom. The highest BCUT2D eigenvalue weighted by Gasteiger charge is 2.17. The minimum atomic E-state index is -4.10. The Kier molecular flexibility index (Phi) is 5.63. The van der Waals surface area contributed by atoms with E-state index in [1.807, 2.05) is 0 Å². The number of aliphatic hydroxyl groups is 1. The SMILES string of the molecule is O=C(O)C(O)=CC(=O)c1cccc(NS(=O)(=O)c2ccc(F)c(Cl)c2)c1. The first-order valence-electron chi connectivity index (χ1n) is 6.86. The number of rotatable bonds is 6. The maximum atomic E-state index is 13.2. The fourth-order valence-corrected chi connectivity index (χ4v) is 3.18. The second-order valence-electron chi connectivity index (χ2n) is 4.96. The number of benzene rings is 2. The standard InChI is InChI=1S/C16H11ClFNO6S/c17-12-7-11(4-5-13(12)18)26(24,25)19-10-3-1-2-9(6-10)14(20)8-15(21)16(22)23/h1-8,19,21H,(H,22,23). The highest BCUT2D eigenvalue weighted by Crippen LogP contribution is 2.22. The van der Waals surface area contributed by atoms with Crippen LogP contribution in [-0.2, 0) is 14.8 Å². The van der Waals surface area contributed by atoms with Crippen molar-refractivity contribution in [2.24, 2.45) is 0 Å². The Morgan fingerprint density at radius 3 is 2.42 bits per heavy atom. The molecule has 0 aliphatic heterocycles. The molecular formula is C16H11ClFNO6S. The summed E-state index contributed by atoms with van der Waals surface area (Å²) >= 11 is 5.57. The molecule has 3 N–H and O–H groups in total. The van der Waals surface area contributed by atoms with Gasteiger partial charge in [0.25, 0.3) is 10.0 Å². The van der Waals surface area contributed by atoms with E-state index in [-0.39, 0.29) is 21.2 Å². The molecule has 0 saturated carbocycles. The monoisotopic (exact) mass is 399 g/mol. The highest BCUT2D eigenvalue weighted by molar-refractivity contribution is 7.92. The van der Waals surface area contributed by atoms with Gasteiger partial charge in [-0.15, -0.1) is 0 Å². The van der Waals surface area contributed by atoms with E-state index < -0.39 is 33.4 Å². The molecule has 0 atom stereocenters. The Labute approximate surface area is 152 Å². The predicted octanol–water partition coefficient (Wildman–Crippen LogP) is 2.99. The second kappa shape index (κ2) is 7.54. The maximum absolute atomic E-state index is 13.2. The molecule has 0 spiro atoms. The number of sulfonamides is 1. The van der Waals surface area contributed by atoms with Gasteiger partial charge in [0.2, 0.25) is 5.76 Å². The number of hydrogen-bond acceptors (Lipinski definition) is 5. The van der Waals surface area contributed by atoms with Crippen LogP contribution in [0.4, 0.5) is 10.1 Å². The lowest BCUT2D eigenvalue weighted by Gasteiger charge is -2.09. The van der Waals surface area contributed by atoms with E-state index in [9.17, 15) is 22.4 Å². The molecule has 0 saturated heterocycles. The minimum Gasteiger partial charge on any atom is -0.502 e. The summed E-state index contributed by atoms with van der Waals surface area (Å²) in [4.78, 5) is 22.1. The van der Waals surface area contributed by atoms with Gasteiger partial charge in [-0.25, -0.2) is 17.6 Å². The van der Waals surface area contributed by atoms with Crippen molar-refractivity contribution in [1.82, 2.24) is 0 Å². The molecule has 136 valence electrons. The highest BCUT2D eigenvalue weighted by atomic mass is 35.5. The fraction of sp³-hybridized carbons (Fsp3) is 0. The second-order valence-corrected chi connectivity index (χ2v) is 7.05. The van der Waals surface area contributed by atoms with Crippen molar-refractivity contribution in [1.29, 1.82) is 0 Å². The van der Waals surface area contributed by atoms with Crippen LogP contribution in [0.2, 0.25) is 5.02 Å². The molecule has 2 aromatic carbocycles. The van der Waals surface area contributed by atoms with Crippen LogP contribution in [0.1, 0.15) is 10.4 Å². The first-order chi connectivity index (χ1) is 12.1. The van der Waals surface area contributed by atoms with E-state index in [4.69, 9.17) is 21.8 Å². The molecule has 0 aliphatic rings. The fourth-order valence-electron chi connectivity index (χ4n) is 1.86. The van der Waals surface area contributed by atoms with Crippen molar-refractivity contribution in [2.75, 3.05) is 4.72 Å². The lowest BCUT2D eigenvalue weighted by atomic mass is 10.1. The summed E-state index contributed by atoms with van der Waals surface area (Å²) < 4.78 is 40.0. The average molecular weight is 400 g/mol. The molecule has 0 aromatic heterocycles. The number of carbonyl (C=O) groups is 2. The van der Waals surface area contributed by atoms with Crippen molar-refractivity contribution in [3.05, 3.63) is 70.7 Å². The van der Waals surface area contributed by atoms with Crippen LogP contribution >= 0.6 is 11.6 Å². The summed E-state index contributed by atoms with van der Waals surface area (Å²) in [5, 5.41) is 17.3. The minimum absolute atomic E-state index is 0.000452. The molecule has 0 bridgehead atoms. The summed E-state index contributed by atoms with van der Waals surface area (Å²) in [7, 11) is -4.10. The molecule has 2 aromatic rings. The van der Waals surface area contributed by atoms with Crippen molar-refractivity contribution >= 4 is 39.1 Å². The van der Waals surface area contributed by atoms with Crippen molar-refractivity contribution in [3.8, 4) is 0 Å². The molecule has 0 radical (unpaired) electrons. The van der Waals surface area contributed by atoms with E-state index >= 15 is 0 Å². The summed E-state index contributed by atoms with van der Waals surface area (Å²) in [6.45, 7) is 0. The van der Waals surface area contributed by atoms with Crippen molar-refractivity contribution in [2.45, 2.75) is 4.90 Å². The first-order valence-corrected chi connectivity index (χ1v) is 8.72. The number of carbonyl (C=O) groups excluding carboxylic acids is 1. The van der Waals surface area contributed by atoms with Gasteiger partial charge in [-0.2, -0.15) is 0 Å². The van der Waals surface area contributed by atoms with Crippen molar-refractivity contribution < 1.29 is 32.6 Å². The van der Waals surface area contributed by atoms with Gasteiger partial charge < -0.3 is 10.2 Å². The molecule has 0 amide bonds. The molecule has 0 fully saturated rings. The third kappa shape index (κ3) is 4.58. The zero-order valence-corrected chi connectivity index (χ0v) is 14.4. The molecule has 10 heteroatoms. The van der Waals surface area contributed by atoms with Crippen molar-refractivity contribution in [3.63, 3.8) is 0 Å². The van der Waals surface area contributed by atoms with Crippen LogP contribution in [0.15, 0.2) is 59.2 Å². The van der Waals surface area contributed by atoms with Gasteiger partial charge in [-0.05, 0) is 30.3 Å².